The zero-order valence-corrected chi connectivity index (χ0v) is 9.38. The van der Waals surface area contributed by atoms with Gasteiger partial charge in [0.05, 0.1) is 11.3 Å². The van der Waals surface area contributed by atoms with Gasteiger partial charge in [-0.2, -0.15) is 0 Å². The molecule has 1 rings (SSSR count). The first-order valence-corrected chi connectivity index (χ1v) is 5.17. The van der Waals surface area contributed by atoms with Gasteiger partial charge in [0.25, 0.3) is 6.43 Å². The van der Waals surface area contributed by atoms with Crippen LogP contribution in [0.5, 0.6) is 0 Å². The number of hydrogen-bond acceptors (Lipinski definition) is 2. The Balaban J connectivity index is 3.38. The first-order valence-electron chi connectivity index (χ1n) is 4.05. The predicted molar refractivity (Wildman–Crippen MR) is 53.5 cm³/mol. The number of hydrogen-bond donors (Lipinski definition) is 1. The Kier molecular flexibility index (Phi) is 3.73. The highest BCUT2D eigenvalue weighted by atomic mass is 79.9. The summed E-state index contributed by atoms with van der Waals surface area (Å²) in [6.07, 6.45) is -2.76. The van der Waals surface area contributed by atoms with E-state index in [-0.39, 0.29) is 10.9 Å². The molecule has 0 unspecified atom stereocenters. The van der Waals surface area contributed by atoms with Gasteiger partial charge in [-0.1, -0.05) is 15.9 Å². The van der Waals surface area contributed by atoms with E-state index in [2.05, 4.69) is 20.9 Å². The zero-order valence-electron chi connectivity index (χ0n) is 7.80. The molecule has 0 radical (unpaired) electrons. The van der Waals surface area contributed by atoms with Crippen molar-refractivity contribution in [2.75, 3.05) is 0 Å². The molecule has 0 aliphatic rings. The molecule has 0 atom stereocenters. The highest BCUT2D eigenvalue weighted by Gasteiger charge is 2.18. The summed E-state index contributed by atoms with van der Waals surface area (Å²) >= 11 is 3.07. The predicted octanol–water partition coefficient (Wildman–Crippen LogP) is 2.92. The van der Waals surface area contributed by atoms with Crippen LogP contribution in [-0.4, -0.2) is 16.1 Å². The highest BCUT2D eigenvalue weighted by Crippen LogP contribution is 2.22. The molecule has 1 heterocycles. The highest BCUT2D eigenvalue weighted by molar-refractivity contribution is 9.08. The fourth-order valence-electron chi connectivity index (χ4n) is 1.15. The third-order valence-electron chi connectivity index (χ3n) is 1.97. The van der Waals surface area contributed by atoms with Crippen molar-refractivity contribution in [1.82, 2.24) is 4.98 Å². The Morgan fingerprint density at radius 3 is 2.67 bits per heavy atom. The Morgan fingerprint density at radius 2 is 2.27 bits per heavy atom. The molecule has 0 saturated carbocycles. The van der Waals surface area contributed by atoms with Gasteiger partial charge >= 0.3 is 5.97 Å². The van der Waals surface area contributed by atoms with Crippen molar-refractivity contribution in [3.05, 3.63) is 28.6 Å². The van der Waals surface area contributed by atoms with Gasteiger partial charge in [0.2, 0.25) is 0 Å². The van der Waals surface area contributed by atoms with Gasteiger partial charge in [-0.15, -0.1) is 0 Å². The minimum absolute atomic E-state index is 0.130. The number of aromatic carboxylic acids is 1. The number of pyridine rings is 1. The molecule has 1 aromatic rings. The van der Waals surface area contributed by atoms with E-state index in [4.69, 9.17) is 5.11 Å². The van der Waals surface area contributed by atoms with Gasteiger partial charge in [-0.05, 0) is 18.6 Å². The molecule has 0 bridgehead atoms. The molecule has 0 spiro atoms. The number of aromatic nitrogens is 1. The zero-order chi connectivity index (χ0) is 11.6. The van der Waals surface area contributed by atoms with Crippen LogP contribution in [0, 0.1) is 6.92 Å². The van der Waals surface area contributed by atoms with E-state index in [1.165, 1.54) is 0 Å². The second-order valence-electron chi connectivity index (χ2n) is 2.91. The van der Waals surface area contributed by atoms with Crippen LogP contribution in [0.15, 0.2) is 6.07 Å². The smallest absolute Gasteiger partial charge is 0.336 e. The van der Waals surface area contributed by atoms with Crippen molar-refractivity contribution in [2.24, 2.45) is 0 Å². The molecule has 1 N–H and O–H groups in total. The van der Waals surface area contributed by atoms with Gasteiger partial charge in [-0.3, -0.25) is 4.98 Å². The molecule has 0 amide bonds. The largest absolute Gasteiger partial charge is 0.478 e. The molecule has 0 aromatic carbocycles. The van der Waals surface area contributed by atoms with E-state index >= 15 is 0 Å². The van der Waals surface area contributed by atoms with E-state index in [1.807, 2.05) is 0 Å². The molecule has 6 heteroatoms. The Labute approximate surface area is 93.3 Å². The summed E-state index contributed by atoms with van der Waals surface area (Å²) in [6, 6.07) is 0.911. The topological polar surface area (TPSA) is 50.2 Å². The number of carboxylic acids is 1. The summed E-state index contributed by atoms with van der Waals surface area (Å²) in [5.41, 5.74) is 0.0937. The fourth-order valence-corrected chi connectivity index (χ4v) is 1.69. The Bertz CT molecular complexity index is 396. The number of rotatable bonds is 3. The van der Waals surface area contributed by atoms with Crippen LogP contribution in [0.1, 0.15) is 33.7 Å². The van der Waals surface area contributed by atoms with Crippen molar-refractivity contribution < 1.29 is 18.7 Å². The van der Waals surface area contributed by atoms with Crippen LogP contribution in [0.2, 0.25) is 0 Å². The molecule has 0 fully saturated rings. The van der Waals surface area contributed by atoms with Crippen molar-refractivity contribution in [3.8, 4) is 0 Å². The maximum Gasteiger partial charge on any atom is 0.336 e. The summed E-state index contributed by atoms with van der Waals surface area (Å²) in [4.78, 5) is 14.4. The lowest BCUT2D eigenvalue weighted by Crippen LogP contribution is -2.07. The van der Waals surface area contributed by atoms with Crippen LogP contribution < -0.4 is 0 Å². The molecule has 0 aliphatic carbocycles. The first kappa shape index (κ1) is 12.0. The van der Waals surface area contributed by atoms with Crippen molar-refractivity contribution in [1.29, 1.82) is 0 Å². The normalized spacial score (nSPS) is 10.7. The van der Waals surface area contributed by atoms with Gasteiger partial charge in [0.15, 0.2) is 0 Å². The van der Waals surface area contributed by atoms with Crippen molar-refractivity contribution in [2.45, 2.75) is 18.7 Å². The third-order valence-corrected chi connectivity index (χ3v) is 2.50. The fraction of sp³-hybridized carbons (Fsp3) is 0.333. The molecule has 82 valence electrons. The molecule has 0 aliphatic heterocycles. The summed E-state index contributed by atoms with van der Waals surface area (Å²) in [7, 11) is 0. The minimum atomic E-state index is -2.76. The number of halogens is 3. The average molecular weight is 280 g/mol. The number of alkyl halides is 3. The summed E-state index contributed by atoms with van der Waals surface area (Å²) in [6.45, 7) is 1.54. The van der Waals surface area contributed by atoms with E-state index in [1.54, 1.807) is 6.92 Å². The Hall–Kier alpha value is -1.04. The number of carboxylic acid groups (broad SMARTS) is 1. The molecule has 3 nitrogen and oxygen atoms in total. The van der Waals surface area contributed by atoms with Gasteiger partial charge in [0, 0.05) is 5.33 Å². The van der Waals surface area contributed by atoms with Gasteiger partial charge < -0.3 is 5.11 Å². The van der Waals surface area contributed by atoms with Crippen LogP contribution >= 0.6 is 15.9 Å². The molecule has 0 saturated heterocycles. The maximum atomic E-state index is 12.4. The van der Waals surface area contributed by atoms with Crippen LogP contribution in [0.4, 0.5) is 8.78 Å². The monoisotopic (exact) mass is 279 g/mol. The van der Waals surface area contributed by atoms with Crippen molar-refractivity contribution >= 4 is 21.9 Å². The average Bonchev–Trinajstić information content (AvgIpc) is 2.17. The van der Waals surface area contributed by atoms with E-state index in [9.17, 15) is 13.6 Å². The second-order valence-corrected chi connectivity index (χ2v) is 3.47. The molecule has 1 aromatic heterocycles. The lowest BCUT2D eigenvalue weighted by Gasteiger charge is -2.08. The lowest BCUT2D eigenvalue weighted by molar-refractivity contribution is 0.0695. The Morgan fingerprint density at radius 1 is 1.67 bits per heavy atom. The standard InChI is InChI=1S/C9H8BrF2NO2/c1-4-5(9(14)15)2-6(8(11)12)13-7(4)3-10/h2,8H,3H2,1H3,(H,14,15). The SMILES string of the molecule is Cc1c(C(=O)O)cc(C(F)F)nc1CBr. The molecular weight excluding hydrogens is 272 g/mol. The van der Waals surface area contributed by atoms with Gasteiger partial charge in [0.1, 0.15) is 5.69 Å². The maximum absolute atomic E-state index is 12.4. The lowest BCUT2D eigenvalue weighted by atomic mass is 10.1. The second kappa shape index (κ2) is 4.65. The minimum Gasteiger partial charge on any atom is -0.478 e. The summed E-state index contributed by atoms with van der Waals surface area (Å²) in [5, 5.41) is 9.05. The summed E-state index contributed by atoms with van der Waals surface area (Å²) in [5.74, 6) is -1.22. The number of nitrogens with zero attached hydrogens (tertiary/aromatic N) is 1. The third kappa shape index (κ3) is 2.50. The van der Waals surface area contributed by atoms with Crippen LogP contribution in [0.25, 0.3) is 0 Å². The van der Waals surface area contributed by atoms with Crippen LogP contribution in [-0.2, 0) is 5.33 Å². The van der Waals surface area contributed by atoms with Gasteiger partial charge in [-0.25, -0.2) is 13.6 Å². The van der Waals surface area contributed by atoms with E-state index in [0.29, 0.717) is 11.3 Å². The first-order chi connectivity index (χ1) is 6.97. The number of carbonyl (C=O) groups is 1. The molecule has 15 heavy (non-hydrogen) atoms. The van der Waals surface area contributed by atoms with Crippen molar-refractivity contribution in [3.63, 3.8) is 0 Å². The van der Waals surface area contributed by atoms with E-state index in [0.717, 1.165) is 6.07 Å². The molecular formula is C9H8BrF2NO2. The van der Waals surface area contributed by atoms with E-state index < -0.39 is 18.1 Å². The van der Waals surface area contributed by atoms with Crippen LogP contribution in [0.3, 0.4) is 0 Å². The quantitative estimate of drug-likeness (QED) is 0.866. The summed E-state index contributed by atoms with van der Waals surface area (Å²) < 4.78 is 24.8.